The summed E-state index contributed by atoms with van der Waals surface area (Å²) in [5, 5.41) is 3.09. The molecule has 72 valence electrons. The fourth-order valence-corrected chi connectivity index (χ4v) is 1.71. The van der Waals surface area contributed by atoms with Crippen molar-refractivity contribution in [2.24, 2.45) is 0 Å². The molecule has 0 saturated carbocycles. The molecule has 12 heavy (non-hydrogen) atoms. The largest absolute Gasteiger partial charge is 0.359 e. The fraction of sp³-hybridized carbons (Fsp3) is 1.00. The molecule has 2 N–H and O–H groups in total. The van der Waals surface area contributed by atoms with Gasteiger partial charge in [0.25, 0.3) is 0 Å². The highest BCUT2D eigenvalue weighted by molar-refractivity contribution is 7.76. The lowest BCUT2D eigenvalue weighted by molar-refractivity contribution is -0.0369. The second kappa shape index (κ2) is 4.88. The molecule has 1 aliphatic heterocycles. The standard InChI is InChI=1S/C6H14N2O3S/c1-2-8(12(9)10)6-5-7-3-4-11-6/h6-7H,2-5H2,1H3,(H,9,10). The van der Waals surface area contributed by atoms with E-state index in [1.54, 1.807) is 0 Å². The van der Waals surface area contributed by atoms with Crippen LogP contribution in [-0.4, -0.2) is 45.5 Å². The molecule has 1 aliphatic rings. The first kappa shape index (κ1) is 10.1. The molecule has 1 fully saturated rings. The van der Waals surface area contributed by atoms with E-state index in [9.17, 15) is 4.21 Å². The molecule has 0 amide bonds. The molecule has 1 heterocycles. The maximum atomic E-state index is 10.8. The lowest BCUT2D eigenvalue weighted by Gasteiger charge is -2.30. The summed E-state index contributed by atoms with van der Waals surface area (Å²) in [4.78, 5) is 0. The molecule has 0 spiro atoms. The monoisotopic (exact) mass is 194 g/mol. The highest BCUT2D eigenvalue weighted by Crippen LogP contribution is 2.05. The molecule has 5 nitrogen and oxygen atoms in total. The molecule has 1 rings (SSSR count). The van der Waals surface area contributed by atoms with Gasteiger partial charge in [-0.05, 0) is 0 Å². The van der Waals surface area contributed by atoms with Gasteiger partial charge < -0.3 is 10.1 Å². The third-order valence-corrected chi connectivity index (χ3v) is 2.64. The topological polar surface area (TPSA) is 61.8 Å². The van der Waals surface area contributed by atoms with E-state index in [1.807, 2.05) is 6.92 Å². The second-order valence-corrected chi connectivity index (χ2v) is 3.42. The van der Waals surface area contributed by atoms with Gasteiger partial charge in [0.05, 0.1) is 6.61 Å². The van der Waals surface area contributed by atoms with Crippen LogP contribution in [0.25, 0.3) is 0 Å². The maximum absolute atomic E-state index is 10.8. The van der Waals surface area contributed by atoms with Crippen molar-refractivity contribution in [3.63, 3.8) is 0 Å². The van der Waals surface area contributed by atoms with E-state index in [0.29, 0.717) is 19.7 Å². The van der Waals surface area contributed by atoms with Crippen LogP contribution in [0.1, 0.15) is 6.92 Å². The van der Waals surface area contributed by atoms with Crippen LogP contribution in [0.4, 0.5) is 0 Å². The summed E-state index contributed by atoms with van der Waals surface area (Å²) in [6, 6.07) is 0. The van der Waals surface area contributed by atoms with Gasteiger partial charge in [0.15, 0.2) is 0 Å². The molecule has 0 aliphatic carbocycles. The van der Waals surface area contributed by atoms with Crippen LogP contribution in [0.2, 0.25) is 0 Å². The van der Waals surface area contributed by atoms with Crippen molar-refractivity contribution in [3.05, 3.63) is 0 Å². The number of rotatable bonds is 3. The normalized spacial score (nSPS) is 27.4. The van der Waals surface area contributed by atoms with Crippen molar-refractivity contribution in [1.29, 1.82) is 0 Å². The Labute approximate surface area is 74.5 Å². The fourth-order valence-electron chi connectivity index (χ4n) is 1.15. The quantitative estimate of drug-likeness (QED) is 0.588. The van der Waals surface area contributed by atoms with Crippen LogP contribution in [0, 0.1) is 0 Å². The summed E-state index contributed by atoms with van der Waals surface area (Å²) in [5.41, 5.74) is 0. The molecule has 0 aromatic carbocycles. The molecule has 0 radical (unpaired) electrons. The Hall–Kier alpha value is -0.0100. The minimum atomic E-state index is -1.93. The Morgan fingerprint density at radius 1 is 1.83 bits per heavy atom. The van der Waals surface area contributed by atoms with E-state index in [0.717, 1.165) is 6.54 Å². The number of ether oxygens (including phenoxy) is 1. The van der Waals surface area contributed by atoms with Gasteiger partial charge in [0, 0.05) is 19.6 Å². The Balaban J connectivity index is 2.46. The summed E-state index contributed by atoms with van der Waals surface area (Å²) in [6.07, 6.45) is -0.269. The molecule has 0 aromatic heterocycles. The number of hydrogen-bond donors (Lipinski definition) is 2. The molecular weight excluding hydrogens is 180 g/mol. The zero-order valence-electron chi connectivity index (χ0n) is 7.02. The van der Waals surface area contributed by atoms with Crippen molar-refractivity contribution in [3.8, 4) is 0 Å². The van der Waals surface area contributed by atoms with E-state index in [2.05, 4.69) is 5.32 Å². The molecular formula is C6H14N2O3S. The summed E-state index contributed by atoms with van der Waals surface area (Å²) in [5.74, 6) is 0. The molecule has 6 heteroatoms. The van der Waals surface area contributed by atoms with Crippen molar-refractivity contribution in [1.82, 2.24) is 9.62 Å². The van der Waals surface area contributed by atoms with Crippen molar-refractivity contribution >= 4 is 11.3 Å². The van der Waals surface area contributed by atoms with Crippen molar-refractivity contribution in [2.45, 2.75) is 13.2 Å². The third-order valence-electron chi connectivity index (χ3n) is 1.74. The smallest absolute Gasteiger partial charge is 0.236 e. The minimum absolute atomic E-state index is 0.269. The summed E-state index contributed by atoms with van der Waals surface area (Å²) < 4.78 is 26.3. The maximum Gasteiger partial charge on any atom is 0.236 e. The predicted molar refractivity (Wildman–Crippen MR) is 45.8 cm³/mol. The Kier molecular flexibility index (Phi) is 4.10. The van der Waals surface area contributed by atoms with Crippen LogP contribution in [0.5, 0.6) is 0 Å². The zero-order valence-corrected chi connectivity index (χ0v) is 7.84. The molecule has 2 unspecified atom stereocenters. The summed E-state index contributed by atoms with van der Waals surface area (Å²) >= 11 is -1.93. The molecule has 0 aromatic rings. The highest BCUT2D eigenvalue weighted by atomic mass is 32.2. The number of nitrogens with zero attached hydrogens (tertiary/aromatic N) is 1. The van der Waals surface area contributed by atoms with Gasteiger partial charge in [-0.3, -0.25) is 4.55 Å². The number of nitrogens with one attached hydrogen (secondary N) is 1. The lowest BCUT2D eigenvalue weighted by Crippen LogP contribution is -2.49. The first-order chi connectivity index (χ1) is 5.75. The van der Waals surface area contributed by atoms with Gasteiger partial charge in [0.1, 0.15) is 6.23 Å². The number of hydrogen-bond acceptors (Lipinski definition) is 3. The summed E-state index contributed by atoms with van der Waals surface area (Å²) in [7, 11) is 0. The minimum Gasteiger partial charge on any atom is -0.359 e. The number of likely N-dealkylation sites (N-methyl/N-ethyl adjacent to an activating group) is 1. The molecule has 0 bridgehead atoms. The van der Waals surface area contributed by atoms with Gasteiger partial charge in [-0.25, -0.2) is 4.21 Å². The SMILES string of the molecule is CCN(C1CNCCO1)S(=O)O. The first-order valence-electron chi connectivity index (χ1n) is 3.95. The van der Waals surface area contributed by atoms with E-state index in [4.69, 9.17) is 9.29 Å². The average Bonchev–Trinajstić information content (AvgIpc) is 2.07. The van der Waals surface area contributed by atoms with Crippen molar-refractivity contribution in [2.75, 3.05) is 26.2 Å². The van der Waals surface area contributed by atoms with Gasteiger partial charge in [-0.1, -0.05) is 6.92 Å². The van der Waals surface area contributed by atoms with Crippen LogP contribution in [0.3, 0.4) is 0 Å². The average molecular weight is 194 g/mol. The van der Waals surface area contributed by atoms with Crippen LogP contribution in [0.15, 0.2) is 0 Å². The van der Waals surface area contributed by atoms with Crippen molar-refractivity contribution < 1.29 is 13.5 Å². The third kappa shape index (κ3) is 2.49. The summed E-state index contributed by atoms with van der Waals surface area (Å²) in [6.45, 7) is 4.35. The lowest BCUT2D eigenvalue weighted by atomic mass is 10.4. The zero-order chi connectivity index (χ0) is 8.97. The van der Waals surface area contributed by atoms with E-state index >= 15 is 0 Å². The van der Waals surface area contributed by atoms with Crippen LogP contribution < -0.4 is 5.32 Å². The highest BCUT2D eigenvalue weighted by Gasteiger charge is 2.23. The van der Waals surface area contributed by atoms with Gasteiger partial charge in [-0.15, -0.1) is 0 Å². The van der Waals surface area contributed by atoms with Gasteiger partial charge in [-0.2, -0.15) is 4.31 Å². The van der Waals surface area contributed by atoms with E-state index < -0.39 is 11.3 Å². The Bertz CT molecular complexity index is 161. The van der Waals surface area contributed by atoms with Gasteiger partial charge in [0.2, 0.25) is 11.3 Å². The van der Waals surface area contributed by atoms with Crippen LogP contribution in [-0.2, 0) is 16.0 Å². The van der Waals surface area contributed by atoms with E-state index in [-0.39, 0.29) is 6.23 Å². The molecule has 1 saturated heterocycles. The Morgan fingerprint density at radius 3 is 3.00 bits per heavy atom. The Morgan fingerprint density at radius 2 is 2.58 bits per heavy atom. The van der Waals surface area contributed by atoms with Crippen LogP contribution >= 0.6 is 0 Å². The van der Waals surface area contributed by atoms with Gasteiger partial charge >= 0.3 is 0 Å². The first-order valence-corrected chi connectivity index (χ1v) is 5.02. The predicted octanol–water partition coefficient (Wildman–Crippen LogP) is -0.609. The molecule has 2 atom stereocenters. The second-order valence-electron chi connectivity index (χ2n) is 2.49. The van der Waals surface area contributed by atoms with E-state index in [1.165, 1.54) is 4.31 Å². The number of morpholine rings is 1.